The lowest BCUT2D eigenvalue weighted by Crippen LogP contribution is -2.07. The zero-order valence-electron chi connectivity index (χ0n) is 15.3. The Kier molecular flexibility index (Phi) is 6.83. The summed E-state index contributed by atoms with van der Waals surface area (Å²) in [7, 11) is 0. The van der Waals surface area contributed by atoms with E-state index in [4.69, 9.17) is 11.2 Å². The number of hydrogen-bond acceptors (Lipinski definition) is 2. The molecule has 2 aromatic carbocycles. The minimum absolute atomic E-state index is 0.336. The van der Waals surface area contributed by atoms with E-state index in [1.165, 1.54) is 18.4 Å². The maximum atomic E-state index is 11.9. The first-order chi connectivity index (χ1) is 12.0. The van der Waals surface area contributed by atoms with Crippen LogP contribution in [0.4, 0.5) is 0 Å². The molecule has 0 heterocycles. The van der Waals surface area contributed by atoms with E-state index in [9.17, 15) is 4.79 Å². The predicted molar refractivity (Wildman–Crippen MR) is 104 cm³/mol. The number of rotatable bonds is 7. The van der Waals surface area contributed by atoms with Crippen molar-refractivity contribution in [2.75, 3.05) is 6.61 Å². The molecule has 25 heavy (non-hydrogen) atoms. The largest absolute Gasteiger partial charge is 0.462 e. The molecule has 0 spiro atoms. The SMILES string of the molecule is C#Cc1cc(-c2ccc(CCCC(C)C)cc2)ccc1C(=O)OCC. The van der Waals surface area contributed by atoms with E-state index < -0.39 is 0 Å². The Labute approximate surface area is 151 Å². The molecule has 0 bridgehead atoms. The van der Waals surface area contributed by atoms with Crippen molar-refractivity contribution in [3.05, 3.63) is 59.2 Å². The molecule has 2 aromatic rings. The molecule has 2 nitrogen and oxygen atoms in total. The summed E-state index contributed by atoms with van der Waals surface area (Å²) in [6, 6.07) is 14.1. The third-order valence-corrected chi connectivity index (χ3v) is 4.20. The van der Waals surface area contributed by atoms with E-state index in [0.717, 1.165) is 23.5 Å². The number of ether oxygens (including phenoxy) is 1. The number of aryl methyl sites for hydroxylation is 1. The second kappa shape index (κ2) is 9.08. The summed E-state index contributed by atoms with van der Waals surface area (Å²) >= 11 is 0. The Hall–Kier alpha value is -2.53. The summed E-state index contributed by atoms with van der Waals surface area (Å²) in [5.41, 5.74) is 4.47. The zero-order chi connectivity index (χ0) is 18.2. The molecule has 0 aromatic heterocycles. The standard InChI is InChI=1S/C23H26O2/c1-5-19-16-21(14-15-22(19)23(24)25-6-2)20-12-10-18(11-13-20)9-7-8-17(3)4/h1,10-17H,6-9H2,2-4H3. The molecule has 0 aliphatic rings. The lowest BCUT2D eigenvalue weighted by molar-refractivity contribution is 0.0526. The molecule has 0 aliphatic heterocycles. The van der Waals surface area contributed by atoms with Gasteiger partial charge >= 0.3 is 5.97 Å². The molecule has 0 aliphatic carbocycles. The third kappa shape index (κ3) is 5.22. The Morgan fingerprint density at radius 2 is 1.80 bits per heavy atom. The van der Waals surface area contributed by atoms with Crippen molar-refractivity contribution in [3.63, 3.8) is 0 Å². The number of carbonyl (C=O) groups is 1. The molecule has 0 fully saturated rings. The predicted octanol–water partition coefficient (Wildman–Crippen LogP) is 5.49. The van der Waals surface area contributed by atoms with Crippen LogP contribution < -0.4 is 0 Å². The van der Waals surface area contributed by atoms with Gasteiger partial charge in [0.05, 0.1) is 12.2 Å². The summed E-state index contributed by atoms with van der Waals surface area (Å²) < 4.78 is 5.05. The Morgan fingerprint density at radius 1 is 1.12 bits per heavy atom. The van der Waals surface area contributed by atoms with Gasteiger partial charge in [-0.25, -0.2) is 4.79 Å². The second-order valence-corrected chi connectivity index (χ2v) is 6.61. The molecule has 0 amide bonds. The molecular weight excluding hydrogens is 308 g/mol. The minimum Gasteiger partial charge on any atom is -0.462 e. The van der Waals surface area contributed by atoms with Crippen LogP contribution in [0.1, 0.15) is 55.1 Å². The van der Waals surface area contributed by atoms with E-state index in [2.05, 4.69) is 44.0 Å². The van der Waals surface area contributed by atoms with Gasteiger partial charge < -0.3 is 4.74 Å². The van der Waals surface area contributed by atoms with E-state index in [-0.39, 0.29) is 5.97 Å². The fourth-order valence-corrected chi connectivity index (χ4v) is 2.81. The Bertz CT molecular complexity index is 749. The third-order valence-electron chi connectivity index (χ3n) is 4.20. The first-order valence-corrected chi connectivity index (χ1v) is 8.92. The quantitative estimate of drug-likeness (QED) is 0.494. The molecule has 130 valence electrons. The maximum absolute atomic E-state index is 11.9. The maximum Gasteiger partial charge on any atom is 0.339 e. The lowest BCUT2D eigenvalue weighted by atomic mass is 9.97. The van der Waals surface area contributed by atoms with Gasteiger partial charge in [0.15, 0.2) is 0 Å². The number of esters is 1. The Balaban J connectivity index is 2.16. The van der Waals surface area contributed by atoms with Gasteiger partial charge in [0.2, 0.25) is 0 Å². The topological polar surface area (TPSA) is 26.3 Å². The summed E-state index contributed by atoms with van der Waals surface area (Å²) in [4.78, 5) is 11.9. The number of carbonyl (C=O) groups excluding carboxylic acids is 1. The molecule has 0 atom stereocenters. The van der Waals surface area contributed by atoms with Gasteiger partial charge in [-0.05, 0) is 54.5 Å². The molecule has 0 radical (unpaired) electrons. The first kappa shape index (κ1) is 18.8. The van der Waals surface area contributed by atoms with Crippen molar-refractivity contribution in [1.82, 2.24) is 0 Å². The van der Waals surface area contributed by atoms with E-state index in [0.29, 0.717) is 17.7 Å². The van der Waals surface area contributed by atoms with Crippen molar-refractivity contribution in [3.8, 4) is 23.5 Å². The van der Waals surface area contributed by atoms with Crippen LogP contribution in [0.5, 0.6) is 0 Å². The molecule has 0 saturated carbocycles. The van der Waals surface area contributed by atoms with Crippen molar-refractivity contribution in [1.29, 1.82) is 0 Å². The van der Waals surface area contributed by atoms with Crippen LogP contribution >= 0.6 is 0 Å². The van der Waals surface area contributed by atoms with Crippen LogP contribution in [0.15, 0.2) is 42.5 Å². The highest BCUT2D eigenvalue weighted by Crippen LogP contribution is 2.24. The number of hydrogen-bond donors (Lipinski definition) is 0. The van der Waals surface area contributed by atoms with Crippen LogP contribution in [0.25, 0.3) is 11.1 Å². The van der Waals surface area contributed by atoms with Crippen LogP contribution in [0.3, 0.4) is 0 Å². The van der Waals surface area contributed by atoms with Crippen LogP contribution in [0.2, 0.25) is 0 Å². The van der Waals surface area contributed by atoms with Gasteiger partial charge in [-0.15, -0.1) is 6.42 Å². The smallest absolute Gasteiger partial charge is 0.339 e. The molecule has 2 heteroatoms. The van der Waals surface area contributed by atoms with Crippen LogP contribution in [0, 0.1) is 18.3 Å². The normalized spacial score (nSPS) is 10.5. The fourth-order valence-electron chi connectivity index (χ4n) is 2.81. The van der Waals surface area contributed by atoms with Crippen LogP contribution in [-0.4, -0.2) is 12.6 Å². The van der Waals surface area contributed by atoms with E-state index in [1.54, 1.807) is 13.0 Å². The fraction of sp³-hybridized carbons (Fsp3) is 0.348. The molecule has 0 saturated heterocycles. The summed E-state index contributed by atoms with van der Waals surface area (Å²) in [5, 5.41) is 0. The lowest BCUT2D eigenvalue weighted by Gasteiger charge is -2.09. The summed E-state index contributed by atoms with van der Waals surface area (Å²) in [6.07, 6.45) is 9.15. The van der Waals surface area contributed by atoms with Crippen molar-refractivity contribution in [2.45, 2.75) is 40.0 Å². The molecular formula is C23H26O2. The van der Waals surface area contributed by atoms with Gasteiger partial charge in [0.25, 0.3) is 0 Å². The summed E-state index contributed by atoms with van der Waals surface area (Å²) in [5.74, 6) is 2.97. The zero-order valence-corrected chi connectivity index (χ0v) is 15.3. The van der Waals surface area contributed by atoms with Gasteiger partial charge in [-0.2, -0.15) is 0 Å². The Morgan fingerprint density at radius 3 is 2.40 bits per heavy atom. The minimum atomic E-state index is -0.373. The monoisotopic (exact) mass is 334 g/mol. The molecule has 0 unspecified atom stereocenters. The van der Waals surface area contributed by atoms with Gasteiger partial charge in [0.1, 0.15) is 0 Å². The van der Waals surface area contributed by atoms with Crippen molar-refractivity contribution >= 4 is 5.97 Å². The molecule has 0 N–H and O–H groups in total. The second-order valence-electron chi connectivity index (χ2n) is 6.61. The van der Waals surface area contributed by atoms with Gasteiger partial charge in [-0.3, -0.25) is 0 Å². The average molecular weight is 334 g/mol. The van der Waals surface area contributed by atoms with Gasteiger partial charge in [0, 0.05) is 5.56 Å². The van der Waals surface area contributed by atoms with Crippen molar-refractivity contribution in [2.24, 2.45) is 5.92 Å². The highest BCUT2D eigenvalue weighted by molar-refractivity contribution is 5.93. The van der Waals surface area contributed by atoms with Crippen molar-refractivity contribution < 1.29 is 9.53 Å². The van der Waals surface area contributed by atoms with E-state index >= 15 is 0 Å². The average Bonchev–Trinajstić information content (AvgIpc) is 2.61. The van der Waals surface area contributed by atoms with Crippen LogP contribution in [-0.2, 0) is 11.2 Å². The number of terminal acetylenes is 1. The first-order valence-electron chi connectivity index (χ1n) is 8.92. The number of benzene rings is 2. The highest BCUT2D eigenvalue weighted by atomic mass is 16.5. The van der Waals surface area contributed by atoms with Gasteiger partial charge in [-0.1, -0.05) is 56.5 Å². The van der Waals surface area contributed by atoms with E-state index in [1.807, 2.05) is 12.1 Å². The molecule has 2 rings (SSSR count). The summed E-state index contributed by atoms with van der Waals surface area (Å²) in [6.45, 7) is 6.63. The highest BCUT2D eigenvalue weighted by Gasteiger charge is 2.12.